The van der Waals surface area contributed by atoms with Gasteiger partial charge in [0, 0.05) is 20.6 Å². The van der Waals surface area contributed by atoms with Crippen LogP contribution in [0.2, 0.25) is 0 Å². The van der Waals surface area contributed by atoms with E-state index >= 15 is 0 Å². The summed E-state index contributed by atoms with van der Waals surface area (Å²) in [6.45, 7) is 18.7. The molecule has 64 heavy (non-hydrogen) atoms. The van der Waals surface area contributed by atoms with Crippen LogP contribution in [0.5, 0.6) is 0 Å². The molecule has 4 aliphatic carbocycles. The number of aryl methyl sites for hydroxylation is 4. The van der Waals surface area contributed by atoms with Crippen LogP contribution in [-0.2, 0) is 21.7 Å². The number of hydrogen-bond donors (Lipinski definition) is 0. The minimum atomic E-state index is -0.414. The average Bonchev–Trinajstić information content (AvgIpc) is 4.13. The second-order valence-electron chi connectivity index (χ2n) is 20.4. The van der Waals surface area contributed by atoms with E-state index in [1.165, 1.54) is 132 Å². The third-order valence-corrected chi connectivity index (χ3v) is 18.0. The van der Waals surface area contributed by atoms with Crippen LogP contribution in [0, 0.1) is 27.7 Å². The third kappa shape index (κ3) is 4.68. The van der Waals surface area contributed by atoms with E-state index in [0.717, 1.165) is 0 Å². The molecule has 9 aromatic rings. The highest BCUT2D eigenvalue weighted by Gasteiger charge is 2.52. The second kappa shape index (κ2) is 12.8. The minimum absolute atomic E-state index is 0.188. The van der Waals surface area contributed by atoms with Crippen LogP contribution in [-0.4, -0.2) is 0 Å². The van der Waals surface area contributed by atoms with Gasteiger partial charge in [0.15, 0.2) is 0 Å². The monoisotopic (exact) mass is 858 g/mol. The molecule has 0 atom stereocenters. The van der Waals surface area contributed by atoms with Gasteiger partial charge >= 0.3 is 0 Å². The summed E-state index contributed by atoms with van der Waals surface area (Å²) < 4.78 is 0. The fourth-order valence-electron chi connectivity index (χ4n) is 12.8. The zero-order valence-electron chi connectivity index (χ0n) is 37.8. The van der Waals surface area contributed by atoms with Crippen LogP contribution in [0.3, 0.4) is 0 Å². The summed E-state index contributed by atoms with van der Waals surface area (Å²) in [7, 11) is 0. The lowest BCUT2D eigenvalue weighted by Gasteiger charge is -2.34. The van der Waals surface area contributed by atoms with Crippen molar-refractivity contribution in [3.63, 3.8) is 0 Å². The minimum Gasteiger partial charge on any atom is -0.143 e. The highest BCUT2D eigenvalue weighted by Crippen LogP contribution is 2.65. The molecule has 0 amide bonds. The van der Waals surface area contributed by atoms with Crippen molar-refractivity contribution in [1.82, 2.24) is 0 Å². The van der Waals surface area contributed by atoms with Crippen molar-refractivity contribution in [3.8, 4) is 43.1 Å². The first-order valence-electron chi connectivity index (χ1n) is 22.9. The molecular weight excluding hydrogens is 809 g/mol. The SMILES string of the molecule is Cc1ccc(C2(c3ccc(C)cc3)c3cc4c(cc3-c3sccc32)C(C)(C)c2cc3c(cc2-4)C(C)(C)c2cc4c(cc2-3)C(c2ccc(C)cc2)(c2ccc(C)cc2)c2ccsc2-4)cc1. The van der Waals surface area contributed by atoms with Crippen molar-refractivity contribution in [3.05, 3.63) is 245 Å². The van der Waals surface area contributed by atoms with Gasteiger partial charge in [-0.1, -0.05) is 147 Å². The summed E-state index contributed by atoms with van der Waals surface area (Å²) in [5.41, 5.74) is 28.9. The summed E-state index contributed by atoms with van der Waals surface area (Å²) in [6, 6.07) is 57.9. The van der Waals surface area contributed by atoms with E-state index in [1.54, 1.807) is 0 Å². The lowest BCUT2D eigenvalue weighted by atomic mass is 9.67. The van der Waals surface area contributed by atoms with Crippen LogP contribution in [0.4, 0.5) is 0 Å². The second-order valence-corrected chi connectivity index (χ2v) is 22.2. The Morgan fingerprint density at radius 3 is 0.812 bits per heavy atom. The van der Waals surface area contributed by atoms with Gasteiger partial charge in [-0.15, -0.1) is 22.7 Å². The third-order valence-electron chi connectivity index (χ3n) is 16.1. The summed E-state index contributed by atoms with van der Waals surface area (Å²) >= 11 is 3.79. The molecule has 310 valence electrons. The van der Waals surface area contributed by atoms with Crippen molar-refractivity contribution in [2.24, 2.45) is 0 Å². The molecule has 2 heterocycles. The van der Waals surface area contributed by atoms with Gasteiger partial charge in [0.1, 0.15) is 0 Å². The first kappa shape index (κ1) is 38.4. The van der Waals surface area contributed by atoms with Crippen molar-refractivity contribution in [2.45, 2.75) is 77.0 Å². The van der Waals surface area contributed by atoms with E-state index in [-0.39, 0.29) is 10.8 Å². The molecule has 0 bridgehead atoms. The van der Waals surface area contributed by atoms with Gasteiger partial charge in [-0.3, -0.25) is 0 Å². The smallest absolute Gasteiger partial charge is 0.0722 e. The maximum atomic E-state index is 2.62. The Labute approximate surface area is 386 Å². The van der Waals surface area contributed by atoms with E-state index in [4.69, 9.17) is 0 Å². The largest absolute Gasteiger partial charge is 0.143 e. The predicted molar refractivity (Wildman–Crippen MR) is 271 cm³/mol. The molecule has 2 aromatic heterocycles. The van der Waals surface area contributed by atoms with Crippen molar-refractivity contribution >= 4 is 22.7 Å². The highest BCUT2D eigenvalue weighted by atomic mass is 32.1. The van der Waals surface area contributed by atoms with Gasteiger partial charge < -0.3 is 0 Å². The molecule has 7 aromatic carbocycles. The maximum absolute atomic E-state index is 2.62. The first-order chi connectivity index (χ1) is 30.8. The van der Waals surface area contributed by atoms with Crippen LogP contribution in [0.1, 0.15) is 117 Å². The number of benzene rings is 7. The van der Waals surface area contributed by atoms with Crippen LogP contribution >= 0.6 is 22.7 Å². The predicted octanol–water partition coefficient (Wildman–Crippen LogP) is 16.4. The Morgan fingerprint density at radius 1 is 0.281 bits per heavy atom. The van der Waals surface area contributed by atoms with Crippen LogP contribution in [0.25, 0.3) is 43.1 Å². The summed E-state index contributed by atoms with van der Waals surface area (Å²) in [5, 5.41) is 4.62. The highest BCUT2D eigenvalue weighted by molar-refractivity contribution is 7.14. The normalized spacial score (nSPS) is 16.6. The van der Waals surface area contributed by atoms with Crippen molar-refractivity contribution in [1.29, 1.82) is 0 Å². The fourth-order valence-corrected chi connectivity index (χ4v) is 14.7. The summed E-state index contributed by atoms with van der Waals surface area (Å²) in [4.78, 5) is 2.80. The van der Waals surface area contributed by atoms with Gasteiger partial charge in [-0.05, 0) is 187 Å². The molecule has 0 aliphatic heterocycles. The van der Waals surface area contributed by atoms with E-state index in [2.05, 4.69) is 212 Å². The topological polar surface area (TPSA) is 0 Å². The van der Waals surface area contributed by atoms with Gasteiger partial charge in [0.2, 0.25) is 0 Å². The summed E-state index contributed by atoms with van der Waals surface area (Å²) in [6.07, 6.45) is 0. The van der Waals surface area contributed by atoms with Crippen LogP contribution in [0.15, 0.2) is 156 Å². The zero-order valence-corrected chi connectivity index (χ0v) is 39.5. The quantitative estimate of drug-likeness (QED) is 0.165. The Bertz CT molecular complexity index is 3110. The molecule has 0 N–H and O–H groups in total. The molecule has 0 spiro atoms. The standard InChI is InChI=1S/C62H50S2/c1-35-9-17-39(18-10-35)61(40-19-11-36(2)12-20-40)49-25-27-63-57(49)47-33-53-45(31-55(47)61)43-29-52-44(30-51(43)59(53,5)6)46-32-56-48(34-54(46)60(52,7)8)58-50(26-28-64-58)62(56,41-21-13-37(3)14-22-41)42-23-15-38(4)16-24-42/h9-34H,1-8H3. The summed E-state index contributed by atoms with van der Waals surface area (Å²) in [5.74, 6) is 0. The molecule has 0 radical (unpaired) electrons. The molecule has 4 aliphatic rings. The van der Waals surface area contributed by atoms with E-state index in [0.29, 0.717) is 0 Å². The van der Waals surface area contributed by atoms with Gasteiger partial charge in [-0.25, -0.2) is 0 Å². The van der Waals surface area contributed by atoms with Crippen molar-refractivity contribution in [2.75, 3.05) is 0 Å². The number of hydrogen-bond acceptors (Lipinski definition) is 2. The van der Waals surface area contributed by atoms with E-state index < -0.39 is 10.8 Å². The van der Waals surface area contributed by atoms with E-state index in [9.17, 15) is 0 Å². The van der Waals surface area contributed by atoms with Gasteiger partial charge in [-0.2, -0.15) is 0 Å². The Morgan fingerprint density at radius 2 is 0.531 bits per heavy atom. The maximum Gasteiger partial charge on any atom is 0.0722 e. The fraction of sp³-hybridized carbons (Fsp3) is 0.194. The average molecular weight is 859 g/mol. The number of rotatable bonds is 4. The Hall–Kier alpha value is -6.06. The lowest BCUT2D eigenvalue weighted by Crippen LogP contribution is -2.28. The Kier molecular flexibility index (Phi) is 7.69. The lowest BCUT2D eigenvalue weighted by molar-refractivity contribution is 0.652. The zero-order chi connectivity index (χ0) is 43.7. The van der Waals surface area contributed by atoms with Gasteiger partial charge in [0.05, 0.1) is 10.8 Å². The molecule has 0 saturated heterocycles. The van der Waals surface area contributed by atoms with Crippen LogP contribution < -0.4 is 0 Å². The van der Waals surface area contributed by atoms with Crippen molar-refractivity contribution < 1.29 is 0 Å². The molecule has 0 saturated carbocycles. The molecule has 0 nitrogen and oxygen atoms in total. The Balaban J connectivity index is 1.05. The molecule has 13 rings (SSSR count). The van der Waals surface area contributed by atoms with E-state index in [1.807, 2.05) is 22.7 Å². The molecular formula is C62H50S2. The molecule has 0 unspecified atom stereocenters. The first-order valence-corrected chi connectivity index (χ1v) is 24.6. The van der Waals surface area contributed by atoms with Gasteiger partial charge in [0.25, 0.3) is 0 Å². The number of thiophene rings is 2. The molecule has 0 fully saturated rings. The molecule has 2 heteroatoms. The number of fused-ring (bicyclic) bond motifs is 12.